The Bertz CT molecular complexity index is 607. The van der Waals surface area contributed by atoms with Crippen molar-refractivity contribution in [3.05, 3.63) is 59.4 Å². The second kappa shape index (κ2) is 4.37. The minimum atomic E-state index is 0.0802. The van der Waals surface area contributed by atoms with Crippen LogP contribution >= 0.6 is 0 Å². The molecule has 2 heteroatoms. The molecule has 1 aliphatic rings. The van der Waals surface area contributed by atoms with Crippen LogP contribution in [0.1, 0.15) is 41.9 Å². The lowest BCUT2D eigenvalue weighted by Crippen LogP contribution is -2.28. The molecule has 1 aliphatic carbocycles. The summed E-state index contributed by atoms with van der Waals surface area (Å²) in [6.07, 6.45) is 3.69. The average molecular weight is 253 g/mol. The number of Topliss-reactive ketones (excluding diaryl/α,β-unsaturated/α-hetero) is 1. The fourth-order valence-electron chi connectivity index (χ4n) is 2.93. The van der Waals surface area contributed by atoms with Gasteiger partial charge in [-0.15, -0.1) is 0 Å². The Morgan fingerprint density at radius 1 is 1.11 bits per heavy atom. The number of benzene rings is 1. The highest BCUT2D eigenvalue weighted by molar-refractivity contribution is 5.98. The van der Waals surface area contributed by atoms with E-state index in [1.54, 1.807) is 0 Å². The lowest BCUT2D eigenvalue weighted by Gasteiger charge is -2.29. The van der Waals surface area contributed by atoms with Crippen molar-refractivity contribution in [3.63, 3.8) is 0 Å². The van der Waals surface area contributed by atoms with Crippen LogP contribution in [0.15, 0.2) is 42.6 Å². The molecule has 0 bridgehead atoms. The number of rotatable bonds is 2. The van der Waals surface area contributed by atoms with E-state index in [0.29, 0.717) is 6.42 Å². The normalized spacial score (nSPS) is 17.3. The van der Waals surface area contributed by atoms with Gasteiger partial charge in [-0.3, -0.25) is 4.79 Å². The number of nitrogens with zero attached hydrogens (tertiary/aromatic N) is 1. The van der Waals surface area contributed by atoms with Gasteiger partial charge in [-0.05, 0) is 23.5 Å². The predicted octanol–water partition coefficient (Wildman–Crippen LogP) is 3.69. The van der Waals surface area contributed by atoms with Crippen LogP contribution < -0.4 is 0 Å². The summed E-state index contributed by atoms with van der Waals surface area (Å²) in [7, 11) is 0. The van der Waals surface area contributed by atoms with Crippen LogP contribution in [0.2, 0.25) is 0 Å². The lowest BCUT2D eigenvalue weighted by atomic mass is 9.76. The number of hydrogen-bond donors (Lipinski definition) is 0. The van der Waals surface area contributed by atoms with Gasteiger partial charge in [-0.25, -0.2) is 0 Å². The average Bonchev–Trinajstić information content (AvgIpc) is 2.72. The summed E-state index contributed by atoms with van der Waals surface area (Å²) in [6, 6.07) is 12.4. The van der Waals surface area contributed by atoms with Crippen LogP contribution in [0.3, 0.4) is 0 Å². The van der Waals surface area contributed by atoms with Gasteiger partial charge in [0.15, 0.2) is 5.78 Å². The summed E-state index contributed by atoms with van der Waals surface area (Å²) < 4.78 is 2.23. The maximum Gasteiger partial charge on any atom is 0.165 e. The van der Waals surface area contributed by atoms with Crippen molar-refractivity contribution in [1.82, 2.24) is 4.57 Å². The molecule has 3 rings (SSSR count). The van der Waals surface area contributed by atoms with Crippen LogP contribution in [0, 0.1) is 5.41 Å². The predicted molar refractivity (Wildman–Crippen MR) is 76.4 cm³/mol. The summed E-state index contributed by atoms with van der Waals surface area (Å²) >= 11 is 0. The fourth-order valence-corrected chi connectivity index (χ4v) is 2.93. The number of ketones is 1. The Morgan fingerprint density at radius 3 is 2.58 bits per heavy atom. The Balaban J connectivity index is 1.95. The Labute approximate surface area is 114 Å². The van der Waals surface area contributed by atoms with E-state index >= 15 is 0 Å². The van der Waals surface area contributed by atoms with Crippen molar-refractivity contribution in [1.29, 1.82) is 0 Å². The molecule has 0 amide bonds. The van der Waals surface area contributed by atoms with Gasteiger partial charge in [0.2, 0.25) is 0 Å². The third-order valence-electron chi connectivity index (χ3n) is 3.86. The Kier molecular flexibility index (Phi) is 2.81. The van der Waals surface area contributed by atoms with Crippen molar-refractivity contribution in [2.75, 3.05) is 0 Å². The van der Waals surface area contributed by atoms with Crippen LogP contribution in [-0.2, 0) is 13.0 Å². The molecule has 0 saturated carbocycles. The largest absolute Gasteiger partial charge is 0.346 e. The van der Waals surface area contributed by atoms with E-state index in [-0.39, 0.29) is 11.2 Å². The number of aromatic nitrogens is 1. The van der Waals surface area contributed by atoms with E-state index in [4.69, 9.17) is 0 Å². The number of carbonyl (C=O) groups excluding carboxylic acids is 1. The maximum absolute atomic E-state index is 12.2. The molecule has 1 aromatic heterocycles. The second-order valence-electron chi connectivity index (χ2n) is 6.23. The molecular formula is C17H19NO. The molecule has 1 aromatic carbocycles. The third-order valence-corrected chi connectivity index (χ3v) is 3.86. The number of carbonyl (C=O) groups is 1. The molecule has 0 radical (unpaired) electrons. The number of hydrogen-bond acceptors (Lipinski definition) is 1. The molecule has 0 N–H and O–H groups in total. The number of fused-ring (bicyclic) bond motifs is 1. The van der Waals surface area contributed by atoms with Crippen molar-refractivity contribution >= 4 is 5.78 Å². The minimum Gasteiger partial charge on any atom is -0.346 e. The van der Waals surface area contributed by atoms with E-state index in [1.165, 1.54) is 11.3 Å². The quantitative estimate of drug-likeness (QED) is 0.800. The van der Waals surface area contributed by atoms with Gasteiger partial charge >= 0.3 is 0 Å². The van der Waals surface area contributed by atoms with E-state index < -0.39 is 0 Å². The second-order valence-corrected chi connectivity index (χ2v) is 6.23. The fraction of sp³-hybridized carbons (Fsp3) is 0.353. The monoisotopic (exact) mass is 253 g/mol. The summed E-state index contributed by atoms with van der Waals surface area (Å²) in [5.41, 5.74) is 3.48. The van der Waals surface area contributed by atoms with Crippen LogP contribution in [0.5, 0.6) is 0 Å². The van der Waals surface area contributed by atoms with Crippen molar-refractivity contribution in [3.8, 4) is 0 Å². The smallest absolute Gasteiger partial charge is 0.165 e. The van der Waals surface area contributed by atoms with Gasteiger partial charge in [-0.2, -0.15) is 0 Å². The Hall–Kier alpha value is -1.83. The van der Waals surface area contributed by atoms with Crippen LogP contribution in [-0.4, -0.2) is 10.4 Å². The van der Waals surface area contributed by atoms with Crippen LogP contribution in [0.25, 0.3) is 0 Å². The standard InChI is InChI=1S/C17H19NO/c1-17(2)10-15-14(16(19)11-17)8-9-18(15)12-13-6-4-3-5-7-13/h3-9H,10-12H2,1-2H3. The zero-order valence-corrected chi connectivity index (χ0v) is 11.5. The maximum atomic E-state index is 12.2. The van der Waals surface area contributed by atoms with Gasteiger partial charge in [-0.1, -0.05) is 44.2 Å². The summed E-state index contributed by atoms with van der Waals surface area (Å²) in [4.78, 5) is 12.2. The molecule has 0 unspecified atom stereocenters. The molecule has 2 nitrogen and oxygen atoms in total. The molecule has 1 heterocycles. The first-order valence-corrected chi connectivity index (χ1v) is 6.80. The highest BCUT2D eigenvalue weighted by Gasteiger charge is 2.32. The first-order valence-electron chi connectivity index (χ1n) is 6.80. The molecule has 2 aromatic rings. The molecule has 0 aliphatic heterocycles. The Morgan fingerprint density at radius 2 is 1.84 bits per heavy atom. The first kappa shape index (κ1) is 12.2. The third kappa shape index (κ3) is 2.35. The van der Waals surface area contributed by atoms with E-state index in [2.05, 4.69) is 48.9 Å². The van der Waals surface area contributed by atoms with Crippen molar-refractivity contribution in [2.45, 2.75) is 33.2 Å². The van der Waals surface area contributed by atoms with E-state index in [1.807, 2.05) is 12.1 Å². The van der Waals surface area contributed by atoms with Gasteiger partial charge in [0.1, 0.15) is 0 Å². The van der Waals surface area contributed by atoms with Gasteiger partial charge < -0.3 is 4.57 Å². The van der Waals surface area contributed by atoms with E-state index in [9.17, 15) is 4.79 Å². The minimum absolute atomic E-state index is 0.0802. The van der Waals surface area contributed by atoms with Crippen molar-refractivity contribution < 1.29 is 4.79 Å². The first-order chi connectivity index (χ1) is 9.05. The highest BCUT2D eigenvalue weighted by atomic mass is 16.1. The zero-order valence-electron chi connectivity index (χ0n) is 11.5. The molecular weight excluding hydrogens is 234 g/mol. The molecule has 0 atom stereocenters. The molecule has 0 saturated heterocycles. The van der Waals surface area contributed by atoms with Crippen molar-refractivity contribution in [2.24, 2.45) is 5.41 Å². The SMILES string of the molecule is CC1(C)CC(=O)c2ccn(Cc3ccccc3)c2C1. The van der Waals surface area contributed by atoms with Crippen LogP contribution in [0.4, 0.5) is 0 Å². The lowest BCUT2D eigenvalue weighted by molar-refractivity contribution is 0.0910. The highest BCUT2D eigenvalue weighted by Crippen LogP contribution is 2.35. The molecule has 19 heavy (non-hydrogen) atoms. The summed E-state index contributed by atoms with van der Waals surface area (Å²) in [6.45, 7) is 5.20. The summed E-state index contributed by atoms with van der Waals surface area (Å²) in [5.74, 6) is 0.290. The molecule has 0 spiro atoms. The molecule has 0 fully saturated rings. The molecule has 98 valence electrons. The van der Waals surface area contributed by atoms with Gasteiger partial charge in [0, 0.05) is 30.4 Å². The van der Waals surface area contributed by atoms with E-state index in [0.717, 1.165) is 18.5 Å². The topological polar surface area (TPSA) is 22.0 Å². The van der Waals surface area contributed by atoms with Gasteiger partial charge in [0.05, 0.1) is 0 Å². The summed E-state index contributed by atoms with van der Waals surface area (Å²) in [5, 5.41) is 0. The zero-order chi connectivity index (χ0) is 13.5. The van der Waals surface area contributed by atoms with Gasteiger partial charge in [0.25, 0.3) is 0 Å².